The van der Waals surface area contributed by atoms with Crippen LogP contribution in [0, 0.1) is 5.82 Å². The molecule has 1 aromatic carbocycles. The number of Topliss-reactive ketones (excluding diaryl/α,β-unsaturated/α-hetero) is 1. The monoisotopic (exact) mass is 284 g/mol. The Hall–Kier alpha value is -0.910. The highest BCUT2D eigenvalue weighted by Gasteiger charge is 2.35. The zero-order valence-corrected chi connectivity index (χ0v) is 9.04. The average molecular weight is 285 g/mol. The first-order chi connectivity index (χ1) is 6.73. The third kappa shape index (κ3) is 2.56. The first-order valence-corrected chi connectivity index (χ1v) is 4.60. The smallest absolute Gasteiger partial charge is 0.294 e. The van der Waals surface area contributed by atoms with Gasteiger partial charge in [0, 0.05) is 5.56 Å². The van der Waals surface area contributed by atoms with Crippen molar-refractivity contribution in [2.45, 2.75) is 13.1 Å². The van der Waals surface area contributed by atoms with E-state index in [1.54, 1.807) is 0 Å². The third-order valence-electron chi connectivity index (χ3n) is 1.75. The molecule has 0 unspecified atom stereocenters. The summed E-state index contributed by atoms with van der Waals surface area (Å²) in [4.78, 5) is 10.9. The zero-order chi connectivity index (χ0) is 11.8. The van der Waals surface area contributed by atoms with Gasteiger partial charge >= 0.3 is 6.18 Å². The highest BCUT2D eigenvalue weighted by atomic mass is 79.9. The van der Waals surface area contributed by atoms with E-state index in [4.69, 9.17) is 0 Å². The Balaban J connectivity index is 3.49. The summed E-state index contributed by atoms with van der Waals surface area (Å²) in [6.45, 7) is 0.995. The van der Waals surface area contributed by atoms with Crippen molar-refractivity contribution in [2.75, 3.05) is 0 Å². The van der Waals surface area contributed by atoms with Gasteiger partial charge in [0.05, 0.1) is 10.0 Å². The van der Waals surface area contributed by atoms with Crippen LogP contribution in [-0.2, 0) is 6.18 Å². The van der Waals surface area contributed by atoms with E-state index >= 15 is 0 Å². The highest BCUT2D eigenvalue weighted by Crippen LogP contribution is 2.34. The second-order valence-corrected chi connectivity index (χ2v) is 3.72. The van der Waals surface area contributed by atoms with Gasteiger partial charge < -0.3 is 0 Å². The highest BCUT2D eigenvalue weighted by molar-refractivity contribution is 9.10. The molecule has 0 aliphatic carbocycles. The number of alkyl halides is 3. The van der Waals surface area contributed by atoms with E-state index in [0.29, 0.717) is 6.07 Å². The molecule has 0 N–H and O–H groups in total. The molecule has 15 heavy (non-hydrogen) atoms. The van der Waals surface area contributed by atoms with Gasteiger partial charge in [0.25, 0.3) is 0 Å². The molecule has 0 atom stereocenters. The van der Waals surface area contributed by atoms with Gasteiger partial charge in [-0.15, -0.1) is 0 Å². The van der Waals surface area contributed by atoms with E-state index in [-0.39, 0.29) is 4.47 Å². The summed E-state index contributed by atoms with van der Waals surface area (Å²) < 4.78 is 49.9. The predicted molar refractivity (Wildman–Crippen MR) is 49.1 cm³/mol. The van der Waals surface area contributed by atoms with Crippen LogP contribution in [0.15, 0.2) is 16.6 Å². The number of benzene rings is 1. The summed E-state index contributed by atoms with van der Waals surface area (Å²) in [5, 5.41) is 0. The minimum atomic E-state index is -4.73. The number of halogens is 5. The number of carbonyl (C=O) groups is 1. The van der Waals surface area contributed by atoms with Gasteiger partial charge in [0.2, 0.25) is 0 Å². The summed E-state index contributed by atoms with van der Waals surface area (Å²) >= 11 is 2.72. The summed E-state index contributed by atoms with van der Waals surface area (Å²) in [7, 11) is 0. The lowest BCUT2D eigenvalue weighted by Gasteiger charge is -2.11. The molecule has 0 fully saturated rings. The number of hydrogen-bond donors (Lipinski definition) is 0. The standard InChI is InChI=1S/C9H5BrF4O/c1-4(15)5-2-7(10)8(11)3-6(5)9(12,13)14/h2-3H,1H3. The average Bonchev–Trinajstić information content (AvgIpc) is 2.06. The quantitative estimate of drug-likeness (QED) is 0.566. The van der Waals surface area contributed by atoms with Crippen molar-refractivity contribution in [3.05, 3.63) is 33.5 Å². The summed E-state index contributed by atoms with van der Waals surface area (Å²) in [6, 6.07) is 1.14. The Morgan fingerprint density at radius 1 is 1.33 bits per heavy atom. The molecule has 0 aromatic heterocycles. The van der Waals surface area contributed by atoms with Crippen molar-refractivity contribution in [2.24, 2.45) is 0 Å². The van der Waals surface area contributed by atoms with Crippen LogP contribution >= 0.6 is 15.9 Å². The minimum absolute atomic E-state index is 0.166. The minimum Gasteiger partial charge on any atom is -0.294 e. The van der Waals surface area contributed by atoms with Crippen molar-refractivity contribution in [1.29, 1.82) is 0 Å². The van der Waals surface area contributed by atoms with Gasteiger partial charge in [-0.1, -0.05) is 0 Å². The van der Waals surface area contributed by atoms with Crippen molar-refractivity contribution in [3.63, 3.8) is 0 Å². The first kappa shape index (κ1) is 12.2. The molecule has 1 aromatic rings. The molecule has 0 aliphatic rings. The van der Waals surface area contributed by atoms with E-state index in [2.05, 4.69) is 15.9 Å². The van der Waals surface area contributed by atoms with Crippen LogP contribution in [0.4, 0.5) is 17.6 Å². The van der Waals surface area contributed by atoms with Gasteiger partial charge in [-0.25, -0.2) is 4.39 Å². The van der Waals surface area contributed by atoms with Crippen molar-refractivity contribution < 1.29 is 22.4 Å². The zero-order valence-electron chi connectivity index (χ0n) is 7.45. The van der Waals surface area contributed by atoms with Crippen molar-refractivity contribution in [1.82, 2.24) is 0 Å². The lowest BCUT2D eigenvalue weighted by atomic mass is 10.0. The SMILES string of the molecule is CC(=O)c1cc(Br)c(F)cc1C(F)(F)F. The number of hydrogen-bond acceptors (Lipinski definition) is 1. The normalized spacial score (nSPS) is 11.6. The second kappa shape index (κ2) is 3.92. The number of rotatable bonds is 1. The summed E-state index contributed by atoms with van der Waals surface area (Å²) in [6.07, 6.45) is -4.73. The van der Waals surface area contributed by atoms with Crippen molar-refractivity contribution >= 4 is 21.7 Å². The molecule has 1 rings (SSSR count). The molecule has 1 nitrogen and oxygen atoms in total. The van der Waals surface area contributed by atoms with Crippen LogP contribution in [0.25, 0.3) is 0 Å². The van der Waals surface area contributed by atoms with Crippen LogP contribution in [0.5, 0.6) is 0 Å². The maximum atomic E-state index is 12.9. The maximum Gasteiger partial charge on any atom is 0.417 e. The molecule has 0 radical (unpaired) electrons. The van der Waals surface area contributed by atoms with Crippen LogP contribution in [0.3, 0.4) is 0 Å². The molecule has 0 saturated heterocycles. The molecule has 0 heterocycles. The summed E-state index contributed by atoms with van der Waals surface area (Å²) in [5.74, 6) is -1.81. The maximum absolute atomic E-state index is 12.9. The molecular formula is C9H5BrF4O. The Bertz CT molecular complexity index is 411. The molecule has 0 amide bonds. The van der Waals surface area contributed by atoms with Crippen LogP contribution in [-0.4, -0.2) is 5.78 Å². The molecule has 0 spiro atoms. The topological polar surface area (TPSA) is 17.1 Å². The number of ketones is 1. The van der Waals surface area contributed by atoms with E-state index < -0.39 is 28.9 Å². The molecule has 0 bridgehead atoms. The van der Waals surface area contributed by atoms with Crippen molar-refractivity contribution in [3.8, 4) is 0 Å². The largest absolute Gasteiger partial charge is 0.417 e. The molecule has 0 aliphatic heterocycles. The fraction of sp³-hybridized carbons (Fsp3) is 0.222. The fourth-order valence-electron chi connectivity index (χ4n) is 1.07. The first-order valence-electron chi connectivity index (χ1n) is 3.80. The van der Waals surface area contributed by atoms with Gasteiger partial charge in [0.15, 0.2) is 5.78 Å². The van der Waals surface area contributed by atoms with Gasteiger partial charge in [-0.2, -0.15) is 13.2 Å². The van der Waals surface area contributed by atoms with Gasteiger partial charge in [0.1, 0.15) is 5.82 Å². The lowest BCUT2D eigenvalue weighted by Crippen LogP contribution is -2.12. The predicted octanol–water partition coefficient (Wildman–Crippen LogP) is 3.81. The molecular weight excluding hydrogens is 280 g/mol. The molecule has 82 valence electrons. The van der Waals surface area contributed by atoms with Gasteiger partial charge in [-0.3, -0.25) is 4.79 Å². The van der Waals surface area contributed by atoms with E-state index in [9.17, 15) is 22.4 Å². The van der Waals surface area contributed by atoms with Crippen LogP contribution in [0.2, 0.25) is 0 Å². The summed E-state index contributed by atoms with van der Waals surface area (Å²) in [5.41, 5.74) is -1.80. The van der Waals surface area contributed by atoms with Crippen LogP contribution in [0.1, 0.15) is 22.8 Å². The lowest BCUT2D eigenvalue weighted by molar-refractivity contribution is -0.138. The van der Waals surface area contributed by atoms with E-state index in [1.807, 2.05) is 0 Å². The Morgan fingerprint density at radius 3 is 2.27 bits per heavy atom. The van der Waals surface area contributed by atoms with E-state index in [0.717, 1.165) is 13.0 Å². The molecule has 0 saturated carbocycles. The van der Waals surface area contributed by atoms with E-state index in [1.165, 1.54) is 0 Å². The molecule has 6 heteroatoms. The number of carbonyl (C=O) groups excluding carboxylic acids is 1. The Morgan fingerprint density at radius 2 is 1.87 bits per heavy atom. The Labute approximate surface area is 91.2 Å². The second-order valence-electron chi connectivity index (χ2n) is 2.87. The van der Waals surface area contributed by atoms with Crippen LogP contribution < -0.4 is 0 Å². The fourth-order valence-corrected chi connectivity index (χ4v) is 1.42. The Kier molecular flexibility index (Phi) is 3.18. The third-order valence-corrected chi connectivity index (χ3v) is 2.35. The van der Waals surface area contributed by atoms with Gasteiger partial charge in [-0.05, 0) is 35.0 Å².